The smallest absolute Gasteiger partial charge is 0.123 e. The average Bonchev–Trinajstić information content (AvgIpc) is 2.47. The lowest BCUT2D eigenvalue weighted by Crippen LogP contribution is -2.18. The molecule has 0 unspecified atom stereocenters. The lowest BCUT2D eigenvalue weighted by Gasteiger charge is -2.14. The summed E-state index contributed by atoms with van der Waals surface area (Å²) in [5.41, 5.74) is 2.28. The molecule has 2 aromatic rings. The molecule has 2 rings (SSSR count). The van der Waals surface area contributed by atoms with Crippen molar-refractivity contribution in [2.24, 2.45) is 0 Å². The van der Waals surface area contributed by atoms with Crippen molar-refractivity contribution in [3.05, 3.63) is 65.5 Å². The van der Waals surface area contributed by atoms with Crippen molar-refractivity contribution in [3.8, 4) is 5.75 Å². The number of benzene rings is 2. The van der Waals surface area contributed by atoms with E-state index in [4.69, 9.17) is 4.74 Å². The molecule has 0 amide bonds. The average molecular weight is 273 g/mol. The lowest BCUT2D eigenvalue weighted by molar-refractivity contribution is 0.340. The molecular formula is C17H20FNO. The van der Waals surface area contributed by atoms with Crippen molar-refractivity contribution in [2.45, 2.75) is 26.4 Å². The minimum Gasteiger partial charge on any atom is -0.494 e. The Morgan fingerprint density at radius 1 is 1.05 bits per heavy atom. The highest BCUT2D eigenvalue weighted by atomic mass is 19.1. The van der Waals surface area contributed by atoms with E-state index in [0.717, 1.165) is 17.9 Å². The molecule has 2 nitrogen and oxygen atoms in total. The van der Waals surface area contributed by atoms with Crippen LogP contribution in [0.5, 0.6) is 5.75 Å². The van der Waals surface area contributed by atoms with Crippen LogP contribution in [0, 0.1) is 5.82 Å². The molecule has 2 aromatic carbocycles. The van der Waals surface area contributed by atoms with Gasteiger partial charge in [-0.2, -0.15) is 0 Å². The van der Waals surface area contributed by atoms with E-state index in [-0.39, 0.29) is 11.9 Å². The van der Waals surface area contributed by atoms with Crippen LogP contribution >= 0.6 is 0 Å². The normalized spacial score (nSPS) is 12.2. The van der Waals surface area contributed by atoms with Gasteiger partial charge in [-0.1, -0.05) is 24.3 Å². The summed E-state index contributed by atoms with van der Waals surface area (Å²) >= 11 is 0. The molecule has 0 aromatic heterocycles. The Balaban J connectivity index is 1.89. The van der Waals surface area contributed by atoms with Crippen molar-refractivity contribution in [2.75, 3.05) is 6.61 Å². The predicted molar refractivity (Wildman–Crippen MR) is 79.3 cm³/mol. The molecule has 0 saturated carbocycles. The van der Waals surface area contributed by atoms with Gasteiger partial charge in [-0.15, -0.1) is 0 Å². The first-order valence-electron chi connectivity index (χ1n) is 6.89. The zero-order chi connectivity index (χ0) is 14.4. The second-order valence-corrected chi connectivity index (χ2v) is 4.73. The topological polar surface area (TPSA) is 21.3 Å². The third-order valence-corrected chi connectivity index (χ3v) is 3.22. The summed E-state index contributed by atoms with van der Waals surface area (Å²) in [5, 5.41) is 3.42. The van der Waals surface area contributed by atoms with Crippen LogP contribution < -0.4 is 10.1 Å². The molecule has 3 heteroatoms. The van der Waals surface area contributed by atoms with Crippen LogP contribution in [0.25, 0.3) is 0 Å². The summed E-state index contributed by atoms with van der Waals surface area (Å²) in [6.45, 7) is 5.49. The Morgan fingerprint density at radius 2 is 1.70 bits per heavy atom. The van der Waals surface area contributed by atoms with Crippen LogP contribution in [0.15, 0.2) is 48.5 Å². The molecule has 0 aliphatic rings. The molecule has 0 aliphatic carbocycles. The molecule has 0 bridgehead atoms. The van der Waals surface area contributed by atoms with Crippen molar-refractivity contribution in [1.82, 2.24) is 5.32 Å². The van der Waals surface area contributed by atoms with E-state index in [1.165, 1.54) is 17.7 Å². The maximum Gasteiger partial charge on any atom is 0.123 e. The Labute approximate surface area is 119 Å². The van der Waals surface area contributed by atoms with E-state index in [2.05, 4.69) is 24.4 Å². The van der Waals surface area contributed by atoms with E-state index in [1.807, 2.05) is 31.2 Å². The van der Waals surface area contributed by atoms with E-state index < -0.39 is 0 Å². The first-order valence-corrected chi connectivity index (χ1v) is 6.89. The summed E-state index contributed by atoms with van der Waals surface area (Å²) in [4.78, 5) is 0. The monoisotopic (exact) mass is 273 g/mol. The third kappa shape index (κ3) is 4.07. The molecule has 0 aliphatic heterocycles. The largest absolute Gasteiger partial charge is 0.494 e. The highest BCUT2D eigenvalue weighted by Crippen LogP contribution is 2.15. The van der Waals surface area contributed by atoms with E-state index in [1.54, 1.807) is 0 Å². The third-order valence-electron chi connectivity index (χ3n) is 3.22. The van der Waals surface area contributed by atoms with Crippen molar-refractivity contribution < 1.29 is 9.13 Å². The number of hydrogen-bond donors (Lipinski definition) is 1. The lowest BCUT2D eigenvalue weighted by atomic mass is 10.1. The van der Waals surface area contributed by atoms with Crippen LogP contribution in [0.3, 0.4) is 0 Å². The van der Waals surface area contributed by atoms with Crippen molar-refractivity contribution >= 4 is 0 Å². The zero-order valence-corrected chi connectivity index (χ0v) is 11.9. The summed E-state index contributed by atoms with van der Waals surface area (Å²) < 4.78 is 18.3. The van der Waals surface area contributed by atoms with Gasteiger partial charge in [-0.25, -0.2) is 4.39 Å². The number of nitrogens with one attached hydrogen (secondary N) is 1. The first-order chi connectivity index (χ1) is 9.69. The van der Waals surface area contributed by atoms with Gasteiger partial charge in [-0.3, -0.25) is 0 Å². The van der Waals surface area contributed by atoms with Crippen LogP contribution in [-0.2, 0) is 6.54 Å². The second-order valence-electron chi connectivity index (χ2n) is 4.73. The Bertz CT molecular complexity index is 522. The van der Waals surface area contributed by atoms with Crippen LogP contribution in [0.1, 0.15) is 31.0 Å². The van der Waals surface area contributed by atoms with Crippen LogP contribution in [-0.4, -0.2) is 6.61 Å². The first kappa shape index (κ1) is 14.5. The van der Waals surface area contributed by atoms with Crippen LogP contribution in [0.2, 0.25) is 0 Å². The second kappa shape index (κ2) is 7.06. The molecule has 106 valence electrons. The quantitative estimate of drug-likeness (QED) is 0.856. The zero-order valence-electron chi connectivity index (χ0n) is 11.9. The maximum absolute atomic E-state index is 12.9. The summed E-state index contributed by atoms with van der Waals surface area (Å²) in [6.07, 6.45) is 0. The minimum absolute atomic E-state index is 0.183. The van der Waals surface area contributed by atoms with Gasteiger partial charge in [0.15, 0.2) is 0 Å². The van der Waals surface area contributed by atoms with Gasteiger partial charge in [0.05, 0.1) is 6.61 Å². The Morgan fingerprint density at radius 3 is 2.30 bits per heavy atom. The minimum atomic E-state index is -0.201. The summed E-state index contributed by atoms with van der Waals surface area (Å²) in [6, 6.07) is 14.8. The SMILES string of the molecule is CCOc1ccc(CN[C@@H](C)c2ccc(F)cc2)cc1. The molecule has 0 saturated heterocycles. The fourth-order valence-electron chi connectivity index (χ4n) is 2.01. The van der Waals surface area contributed by atoms with E-state index in [0.29, 0.717) is 6.61 Å². The van der Waals surface area contributed by atoms with Gasteiger partial charge in [0.2, 0.25) is 0 Å². The molecular weight excluding hydrogens is 253 g/mol. The van der Waals surface area contributed by atoms with Crippen LogP contribution in [0.4, 0.5) is 4.39 Å². The fourth-order valence-corrected chi connectivity index (χ4v) is 2.01. The standard InChI is InChI=1S/C17H20FNO/c1-3-20-17-10-4-14(5-11-17)12-19-13(2)15-6-8-16(18)9-7-15/h4-11,13,19H,3,12H2,1-2H3/t13-/m0/s1. The molecule has 0 radical (unpaired) electrons. The molecule has 0 spiro atoms. The highest BCUT2D eigenvalue weighted by molar-refractivity contribution is 5.27. The van der Waals surface area contributed by atoms with Crippen molar-refractivity contribution in [1.29, 1.82) is 0 Å². The van der Waals surface area contributed by atoms with Crippen molar-refractivity contribution in [3.63, 3.8) is 0 Å². The molecule has 20 heavy (non-hydrogen) atoms. The number of rotatable bonds is 6. The summed E-state index contributed by atoms with van der Waals surface area (Å²) in [7, 11) is 0. The maximum atomic E-state index is 12.9. The molecule has 1 N–H and O–H groups in total. The van der Waals surface area contributed by atoms with Gasteiger partial charge >= 0.3 is 0 Å². The summed E-state index contributed by atoms with van der Waals surface area (Å²) in [5.74, 6) is 0.690. The fraction of sp³-hybridized carbons (Fsp3) is 0.294. The number of ether oxygens (including phenoxy) is 1. The van der Waals surface area contributed by atoms with E-state index >= 15 is 0 Å². The van der Waals surface area contributed by atoms with Gasteiger partial charge in [0.1, 0.15) is 11.6 Å². The number of halogens is 1. The molecule has 1 atom stereocenters. The van der Waals surface area contributed by atoms with E-state index in [9.17, 15) is 4.39 Å². The Hall–Kier alpha value is -1.87. The van der Waals surface area contributed by atoms with Gasteiger partial charge in [-0.05, 0) is 49.2 Å². The predicted octanol–water partition coefficient (Wildman–Crippen LogP) is 4.08. The van der Waals surface area contributed by atoms with Gasteiger partial charge in [0, 0.05) is 12.6 Å². The van der Waals surface area contributed by atoms with Gasteiger partial charge < -0.3 is 10.1 Å². The Kier molecular flexibility index (Phi) is 5.13. The highest BCUT2D eigenvalue weighted by Gasteiger charge is 2.05. The van der Waals surface area contributed by atoms with Gasteiger partial charge in [0.25, 0.3) is 0 Å². The molecule has 0 fully saturated rings. The molecule has 0 heterocycles. The number of hydrogen-bond acceptors (Lipinski definition) is 2.